The molecule has 0 radical (unpaired) electrons. The van der Waals surface area contributed by atoms with E-state index in [4.69, 9.17) is 0 Å². The van der Waals surface area contributed by atoms with E-state index in [1.807, 2.05) is 0 Å². The lowest BCUT2D eigenvalue weighted by Gasteiger charge is -2.43. The summed E-state index contributed by atoms with van der Waals surface area (Å²) >= 11 is 0. The highest BCUT2D eigenvalue weighted by atomic mass is 16.3. The lowest BCUT2D eigenvalue weighted by Crippen LogP contribution is -2.51. The third-order valence-electron chi connectivity index (χ3n) is 3.30. The van der Waals surface area contributed by atoms with E-state index in [2.05, 4.69) is 5.32 Å². The van der Waals surface area contributed by atoms with Crippen LogP contribution in [0.25, 0.3) is 0 Å². The van der Waals surface area contributed by atoms with Crippen LogP contribution in [0, 0.1) is 5.92 Å². The van der Waals surface area contributed by atoms with Crippen molar-refractivity contribution in [2.75, 3.05) is 13.1 Å². The maximum absolute atomic E-state index is 10.2. The van der Waals surface area contributed by atoms with Crippen molar-refractivity contribution >= 4 is 0 Å². The number of rotatable bonds is 0. The maximum atomic E-state index is 10.2. The molecule has 1 aliphatic heterocycles. The Hall–Kier alpha value is -0.0800. The van der Waals surface area contributed by atoms with E-state index in [-0.39, 0.29) is 5.60 Å². The molecule has 0 aromatic rings. The van der Waals surface area contributed by atoms with Crippen LogP contribution in [0.15, 0.2) is 0 Å². The van der Waals surface area contributed by atoms with Crippen molar-refractivity contribution in [1.29, 1.82) is 0 Å². The van der Waals surface area contributed by atoms with E-state index in [1.54, 1.807) is 0 Å². The number of nitrogens with one attached hydrogen (secondary N) is 1. The molecule has 2 atom stereocenters. The van der Waals surface area contributed by atoms with Gasteiger partial charge in [-0.1, -0.05) is 12.8 Å². The molecular formula is C9H17NO. The van der Waals surface area contributed by atoms with Gasteiger partial charge in [0.05, 0.1) is 5.60 Å². The molecule has 0 amide bonds. The van der Waals surface area contributed by atoms with Crippen molar-refractivity contribution in [3.8, 4) is 0 Å². The van der Waals surface area contributed by atoms with Crippen molar-refractivity contribution < 1.29 is 5.11 Å². The molecule has 1 aliphatic carbocycles. The summed E-state index contributed by atoms with van der Waals surface area (Å²) in [5.41, 5.74) is -0.288. The van der Waals surface area contributed by atoms with E-state index in [0.29, 0.717) is 5.92 Å². The predicted octanol–water partition coefficient (Wildman–Crippen LogP) is 0.901. The van der Waals surface area contributed by atoms with E-state index in [0.717, 1.165) is 25.9 Å². The zero-order chi connectivity index (χ0) is 7.73. The van der Waals surface area contributed by atoms with Crippen LogP contribution in [0.3, 0.4) is 0 Å². The SMILES string of the molecule is O[C@@]12CCCC[C@H]1CNCC2. The number of hydrogen-bond donors (Lipinski definition) is 2. The Morgan fingerprint density at radius 1 is 1.27 bits per heavy atom. The van der Waals surface area contributed by atoms with Crippen LogP contribution in [-0.2, 0) is 0 Å². The third-order valence-corrected chi connectivity index (χ3v) is 3.30. The predicted molar refractivity (Wildman–Crippen MR) is 44.4 cm³/mol. The summed E-state index contributed by atoms with van der Waals surface area (Å²) in [7, 11) is 0. The molecule has 2 heteroatoms. The second-order valence-corrected chi connectivity index (χ2v) is 4.00. The first-order chi connectivity index (χ1) is 5.31. The molecule has 64 valence electrons. The van der Waals surface area contributed by atoms with Crippen LogP contribution in [0.2, 0.25) is 0 Å². The topological polar surface area (TPSA) is 32.3 Å². The van der Waals surface area contributed by atoms with E-state index in [1.165, 1.54) is 19.3 Å². The van der Waals surface area contributed by atoms with Crippen LogP contribution in [0.5, 0.6) is 0 Å². The van der Waals surface area contributed by atoms with Gasteiger partial charge in [-0.15, -0.1) is 0 Å². The molecule has 11 heavy (non-hydrogen) atoms. The minimum Gasteiger partial charge on any atom is -0.390 e. The van der Waals surface area contributed by atoms with Crippen LogP contribution < -0.4 is 5.32 Å². The molecule has 0 spiro atoms. The fourth-order valence-corrected chi connectivity index (χ4v) is 2.50. The summed E-state index contributed by atoms with van der Waals surface area (Å²) < 4.78 is 0. The van der Waals surface area contributed by atoms with Crippen LogP contribution in [0.4, 0.5) is 0 Å². The molecule has 2 nitrogen and oxygen atoms in total. The van der Waals surface area contributed by atoms with Gasteiger partial charge in [0, 0.05) is 12.5 Å². The molecule has 1 heterocycles. The molecule has 2 N–H and O–H groups in total. The van der Waals surface area contributed by atoms with Gasteiger partial charge < -0.3 is 10.4 Å². The maximum Gasteiger partial charge on any atom is 0.0700 e. The Morgan fingerprint density at radius 3 is 3.00 bits per heavy atom. The second kappa shape index (κ2) is 2.76. The Morgan fingerprint density at radius 2 is 2.18 bits per heavy atom. The average Bonchev–Trinajstić information content (AvgIpc) is 2.03. The van der Waals surface area contributed by atoms with Crippen molar-refractivity contribution in [3.05, 3.63) is 0 Å². The third kappa shape index (κ3) is 1.30. The zero-order valence-electron chi connectivity index (χ0n) is 6.97. The number of fused-ring (bicyclic) bond motifs is 1. The van der Waals surface area contributed by atoms with Crippen molar-refractivity contribution in [2.24, 2.45) is 5.92 Å². The van der Waals surface area contributed by atoms with Crippen LogP contribution in [0.1, 0.15) is 32.1 Å². The van der Waals surface area contributed by atoms with Gasteiger partial charge in [0.15, 0.2) is 0 Å². The Kier molecular flexibility index (Phi) is 1.90. The summed E-state index contributed by atoms with van der Waals surface area (Å²) in [6, 6.07) is 0. The normalized spacial score (nSPS) is 45.0. The highest BCUT2D eigenvalue weighted by Crippen LogP contribution is 2.37. The molecule has 0 aromatic heterocycles. The van der Waals surface area contributed by atoms with Gasteiger partial charge in [-0.3, -0.25) is 0 Å². The first-order valence-electron chi connectivity index (χ1n) is 4.74. The summed E-state index contributed by atoms with van der Waals surface area (Å²) in [4.78, 5) is 0. The number of piperidine rings is 1. The van der Waals surface area contributed by atoms with Gasteiger partial charge in [0.25, 0.3) is 0 Å². The standard InChI is InChI=1S/C9H17NO/c11-9-4-2-1-3-8(9)7-10-6-5-9/h8,10-11H,1-7H2/t8-,9+/m0/s1. The molecule has 2 aliphatic rings. The molecule has 2 fully saturated rings. The van der Waals surface area contributed by atoms with Gasteiger partial charge in [-0.25, -0.2) is 0 Å². The molecule has 0 unspecified atom stereocenters. The van der Waals surface area contributed by atoms with Crippen molar-refractivity contribution in [2.45, 2.75) is 37.7 Å². The average molecular weight is 155 g/mol. The van der Waals surface area contributed by atoms with Gasteiger partial charge in [-0.05, 0) is 25.8 Å². The highest BCUT2D eigenvalue weighted by molar-refractivity contribution is 4.94. The van der Waals surface area contributed by atoms with Gasteiger partial charge >= 0.3 is 0 Å². The molecule has 2 rings (SSSR count). The van der Waals surface area contributed by atoms with Gasteiger partial charge in [0.1, 0.15) is 0 Å². The molecule has 1 saturated heterocycles. The monoisotopic (exact) mass is 155 g/mol. The molecule has 0 bridgehead atoms. The smallest absolute Gasteiger partial charge is 0.0700 e. The Balaban J connectivity index is 2.06. The summed E-state index contributed by atoms with van der Waals surface area (Å²) in [6.07, 6.45) is 5.78. The molecular weight excluding hydrogens is 138 g/mol. The first kappa shape index (κ1) is 7.56. The minimum absolute atomic E-state index is 0.288. The lowest BCUT2D eigenvalue weighted by molar-refractivity contribution is -0.0671. The largest absolute Gasteiger partial charge is 0.390 e. The first-order valence-corrected chi connectivity index (χ1v) is 4.74. The van der Waals surface area contributed by atoms with Crippen LogP contribution in [-0.4, -0.2) is 23.8 Å². The Bertz CT molecular complexity index is 134. The number of hydrogen-bond acceptors (Lipinski definition) is 2. The highest BCUT2D eigenvalue weighted by Gasteiger charge is 2.39. The second-order valence-electron chi connectivity index (χ2n) is 4.00. The quantitative estimate of drug-likeness (QED) is 0.545. The van der Waals surface area contributed by atoms with Crippen molar-refractivity contribution in [3.63, 3.8) is 0 Å². The summed E-state index contributed by atoms with van der Waals surface area (Å²) in [6.45, 7) is 2.05. The summed E-state index contributed by atoms with van der Waals surface area (Å²) in [5.74, 6) is 0.546. The van der Waals surface area contributed by atoms with E-state index in [9.17, 15) is 5.11 Å². The molecule has 1 saturated carbocycles. The summed E-state index contributed by atoms with van der Waals surface area (Å²) in [5, 5.41) is 13.5. The number of aliphatic hydroxyl groups is 1. The van der Waals surface area contributed by atoms with Crippen LogP contribution >= 0.6 is 0 Å². The van der Waals surface area contributed by atoms with E-state index < -0.39 is 0 Å². The van der Waals surface area contributed by atoms with Gasteiger partial charge in [-0.2, -0.15) is 0 Å². The zero-order valence-corrected chi connectivity index (χ0v) is 6.97. The fraction of sp³-hybridized carbons (Fsp3) is 1.00. The lowest BCUT2D eigenvalue weighted by atomic mass is 9.72. The Labute approximate surface area is 68.0 Å². The van der Waals surface area contributed by atoms with Crippen molar-refractivity contribution in [1.82, 2.24) is 5.32 Å². The minimum atomic E-state index is -0.288. The van der Waals surface area contributed by atoms with E-state index >= 15 is 0 Å². The molecule has 0 aromatic carbocycles. The van der Waals surface area contributed by atoms with Gasteiger partial charge in [0.2, 0.25) is 0 Å². The fourth-order valence-electron chi connectivity index (χ4n) is 2.50.